The highest BCUT2D eigenvalue weighted by Crippen LogP contribution is 2.48. The first-order chi connectivity index (χ1) is 6.14. The fraction of sp³-hybridized carbons (Fsp3) is 0.750. The predicted octanol–water partition coefficient (Wildman–Crippen LogP) is 3.10. The summed E-state index contributed by atoms with van der Waals surface area (Å²) in [5.41, 5.74) is 1.46. The molecule has 1 fully saturated rings. The van der Waals surface area contributed by atoms with Gasteiger partial charge in [0.1, 0.15) is 5.78 Å². The average Bonchev–Trinajstić information content (AvgIpc) is 2.08. The molecule has 1 heteroatoms. The highest BCUT2D eigenvalue weighted by Gasteiger charge is 2.44. The number of fused-ring (bicyclic) bond motifs is 1. The Hall–Kier alpha value is -0.590. The third kappa shape index (κ3) is 1.25. The van der Waals surface area contributed by atoms with E-state index >= 15 is 0 Å². The monoisotopic (exact) mass is 178 g/mol. The Balaban J connectivity index is 2.34. The number of allylic oxidation sites excluding steroid dienone is 2. The lowest BCUT2D eigenvalue weighted by Gasteiger charge is -2.43. The third-order valence-electron chi connectivity index (χ3n) is 3.98. The molecule has 0 bridgehead atoms. The number of ketones is 1. The van der Waals surface area contributed by atoms with E-state index in [4.69, 9.17) is 0 Å². The van der Waals surface area contributed by atoms with E-state index in [1.165, 1.54) is 12.0 Å². The van der Waals surface area contributed by atoms with Crippen molar-refractivity contribution in [1.82, 2.24) is 0 Å². The van der Waals surface area contributed by atoms with Crippen LogP contribution in [0.5, 0.6) is 0 Å². The first kappa shape index (κ1) is 8.98. The van der Waals surface area contributed by atoms with Crippen LogP contribution >= 0.6 is 0 Å². The molecule has 0 heterocycles. The maximum atomic E-state index is 11.9. The molecule has 72 valence electrons. The molecule has 2 aliphatic carbocycles. The van der Waals surface area contributed by atoms with Gasteiger partial charge in [-0.05, 0) is 38.5 Å². The molecule has 0 aromatic rings. The minimum absolute atomic E-state index is 0.00289. The maximum absolute atomic E-state index is 11.9. The standard InChI is InChI=1S/C12H18O/c1-9-5-4-8-12(2)10(9)6-3-7-11(12)13/h5,10H,3-4,6-8H2,1-2H3/t10-,12-/m1/s1. The first-order valence-electron chi connectivity index (χ1n) is 5.34. The van der Waals surface area contributed by atoms with Crippen molar-refractivity contribution < 1.29 is 4.79 Å². The van der Waals surface area contributed by atoms with Crippen molar-refractivity contribution in [1.29, 1.82) is 0 Å². The zero-order valence-corrected chi connectivity index (χ0v) is 8.60. The Morgan fingerprint density at radius 3 is 3.00 bits per heavy atom. The van der Waals surface area contributed by atoms with Crippen LogP contribution in [0.1, 0.15) is 46.0 Å². The first-order valence-corrected chi connectivity index (χ1v) is 5.34. The van der Waals surface area contributed by atoms with Crippen LogP contribution in [-0.4, -0.2) is 5.78 Å². The topological polar surface area (TPSA) is 17.1 Å². The molecular formula is C12H18O. The van der Waals surface area contributed by atoms with Crippen molar-refractivity contribution in [2.75, 3.05) is 0 Å². The molecular weight excluding hydrogens is 160 g/mol. The average molecular weight is 178 g/mol. The fourth-order valence-electron chi connectivity index (χ4n) is 3.05. The summed E-state index contributed by atoms with van der Waals surface area (Å²) in [4.78, 5) is 11.9. The lowest BCUT2D eigenvalue weighted by atomic mass is 9.60. The largest absolute Gasteiger partial charge is 0.299 e. The second kappa shape index (κ2) is 2.97. The van der Waals surface area contributed by atoms with E-state index in [1.807, 2.05) is 0 Å². The van der Waals surface area contributed by atoms with Crippen molar-refractivity contribution in [2.24, 2.45) is 11.3 Å². The Kier molecular flexibility index (Phi) is 2.05. The van der Waals surface area contributed by atoms with Crippen LogP contribution in [0.25, 0.3) is 0 Å². The lowest BCUT2D eigenvalue weighted by molar-refractivity contribution is -0.133. The summed E-state index contributed by atoms with van der Waals surface area (Å²) in [5, 5.41) is 0. The minimum atomic E-state index is -0.00289. The minimum Gasteiger partial charge on any atom is -0.299 e. The van der Waals surface area contributed by atoms with Crippen LogP contribution in [0.4, 0.5) is 0 Å². The van der Waals surface area contributed by atoms with Gasteiger partial charge in [-0.2, -0.15) is 0 Å². The van der Waals surface area contributed by atoms with Gasteiger partial charge in [-0.1, -0.05) is 18.6 Å². The van der Waals surface area contributed by atoms with Gasteiger partial charge in [-0.25, -0.2) is 0 Å². The van der Waals surface area contributed by atoms with Gasteiger partial charge in [0.2, 0.25) is 0 Å². The zero-order chi connectivity index (χ0) is 9.47. The second-order valence-corrected chi connectivity index (χ2v) is 4.77. The van der Waals surface area contributed by atoms with Gasteiger partial charge in [-0.3, -0.25) is 4.79 Å². The van der Waals surface area contributed by atoms with E-state index in [2.05, 4.69) is 19.9 Å². The number of Topliss-reactive ketones (excluding diaryl/α,β-unsaturated/α-hetero) is 1. The molecule has 2 aliphatic rings. The molecule has 0 aliphatic heterocycles. The van der Waals surface area contributed by atoms with E-state index in [0.29, 0.717) is 11.7 Å². The Morgan fingerprint density at radius 2 is 2.31 bits per heavy atom. The molecule has 0 amide bonds. The van der Waals surface area contributed by atoms with E-state index in [0.717, 1.165) is 25.7 Å². The SMILES string of the molecule is CC1=CCC[C@@]2(C)C(=O)CCC[C@H]12. The molecule has 0 saturated heterocycles. The summed E-state index contributed by atoms with van der Waals surface area (Å²) < 4.78 is 0. The molecule has 0 spiro atoms. The predicted molar refractivity (Wildman–Crippen MR) is 53.4 cm³/mol. The van der Waals surface area contributed by atoms with Crippen molar-refractivity contribution in [3.05, 3.63) is 11.6 Å². The molecule has 1 saturated carbocycles. The number of carbonyl (C=O) groups is 1. The Labute approximate surface area is 80.2 Å². The smallest absolute Gasteiger partial charge is 0.139 e. The number of hydrogen-bond donors (Lipinski definition) is 0. The van der Waals surface area contributed by atoms with Gasteiger partial charge in [0.15, 0.2) is 0 Å². The molecule has 0 unspecified atom stereocenters. The Morgan fingerprint density at radius 1 is 1.54 bits per heavy atom. The molecule has 1 nitrogen and oxygen atoms in total. The molecule has 13 heavy (non-hydrogen) atoms. The van der Waals surface area contributed by atoms with E-state index in [-0.39, 0.29) is 5.41 Å². The molecule has 0 radical (unpaired) electrons. The van der Waals surface area contributed by atoms with Gasteiger partial charge in [-0.15, -0.1) is 0 Å². The summed E-state index contributed by atoms with van der Waals surface area (Å²) in [6.07, 6.45) is 7.65. The molecule has 0 aromatic carbocycles. The molecule has 0 aromatic heterocycles. The summed E-state index contributed by atoms with van der Waals surface area (Å²) in [5.74, 6) is 1.07. The van der Waals surface area contributed by atoms with Crippen LogP contribution in [0.2, 0.25) is 0 Å². The number of hydrogen-bond acceptors (Lipinski definition) is 1. The van der Waals surface area contributed by atoms with Gasteiger partial charge in [0.25, 0.3) is 0 Å². The van der Waals surface area contributed by atoms with Crippen molar-refractivity contribution in [3.8, 4) is 0 Å². The van der Waals surface area contributed by atoms with Crippen molar-refractivity contribution in [3.63, 3.8) is 0 Å². The number of rotatable bonds is 0. The van der Waals surface area contributed by atoms with Crippen LogP contribution in [0.15, 0.2) is 11.6 Å². The number of carbonyl (C=O) groups excluding carboxylic acids is 1. The van der Waals surface area contributed by atoms with E-state index in [1.54, 1.807) is 0 Å². The molecule has 2 atom stereocenters. The molecule has 2 rings (SSSR count). The summed E-state index contributed by atoms with van der Waals surface area (Å²) in [6, 6.07) is 0. The van der Waals surface area contributed by atoms with Crippen LogP contribution in [0, 0.1) is 11.3 Å². The van der Waals surface area contributed by atoms with Gasteiger partial charge < -0.3 is 0 Å². The van der Waals surface area contributed by atoms with Crippen LogP contribution < -0.4 is 0 Å². The highest BCUT2D eigenvalue weighted by atomic mass is 16.1. The van der Waals surface area contributed by atoms with Gasteiger partial charge >= 0.3 is 0 Å². The summed E-state index contributed by atoms with van der Waals surface area (Å²) in [7, 11) is 0. The van der Waals surface area contributed by atoms with Gasteiger partial charge in [0.05, 0.1) is 0 Å². The molecule has 0 N–H and O–H groups in total. The van der Waals surface area contributed by atoms with Crippen LogP contribution in [-0.2, 0) is 4.79 Å². The van der Waals surface area contributed by atoms with Crippen LogP contribution in [0.3, 0.4) is 0 Å². The van der Waals surface area contributed by atoms with Gasteiger partial charge in [0, 0.05) is 11.8 Å². The van der Waals surface area contributed by atoms with Crippen molar-refractivity contribution in [2.45, 2.75) is 46.0 Å². The highest BCUT2D eigenvalue weighted by molar-refractivity contribution is 5.86. The van der Waals surface area contributed by atoms with E-state index in [9.17, 15) is 4.79 Å². The summed E-state index contributed by atoms with van der Waals surface area (Å²) >= 11 is 0. The normalized spacial score (nSPS) is 39.7. The summed E-state index contributed by atoms with van der Waals surface area (Å²) in [6.45, 7) is 4.37. The van der Waals surface area contributed by atoms with Crippen molar-refractivity contribution >= 4 is 5.78 Å². The fourth-order valence-corrected chi connectivity index (χ4v) is 3.05. The maximum Gasteiger partial charge on any atom is 0.139 e. The zero-order valence-electron chi connectivity index (χ0n) is 8.60. The van der Waals surface area contributed by atoms with E-state index < -0.39 is 0 Å². The Bertz CT molecular complexity index is 264. The quantitative estimate of drug-likeness (QED) is 0.521. The lowest BCUT2D eigenvalue weighted by Crippen LogP contribution is -2.41. The third-order valence-corrected chi connectivity index (χ3v) is 3.98. The second-order valence-electron chi connectivity index (χ2n) is 4.77.